The number of hydrogen-bond acceptors (Lipinski definition) is 4. The SMILES string of the molecule is CCSc1cc(-c2cn[nH]c2)cn2ncc(C#N)c12. The lowest BCUT2D eigenvalue weighted by molar-refractivity contribution is 0.951. The standard InChI is InChI=1S/C13H11N5S/c1-2-19-12-3-9(11-5-15-16-6-11)8-18-13(12)10(4-14)7-17-18/h3,5-8H,2H2,1H3,(H,15,16). The fourth-order valence-electron chi connectivity index (χ4n) is 2.00. The zero-order chi connectivity index (χ0) is 13.2. The zero-order valence-corrected chi connectivity index (χ0v) is 11.1. The van der Waals surface area contributed by atoms with E-state index in [2.05, 4.69) is 34.4 Å². The number of pyridine rings is 1. The van der Waals surface area contributed by atoms with E-state index in [0.29, 0.717) is 5.56 Å². The molecule has 0 unspecified atom stereocenters. The highest BCUT2D eigenvalue weighted by Crippen LogP contribution is 2.30. The first-order valence-corrected chi connectivity index (χ1v) is 6.85. The zero-order valence-electron chi connectivity index (χ0n) is 10.3. The summed E-state index contributed by atoms with van der Waals surface area (Å²) in [7, 11) is 0. The third-order valence-electron chi connectivity index (χ3n) is 2.83. The molecule has 0 saturated heterocycles. The molecule has 6 heteroatoms. The lowest BCUT2D eigenvalue weighted by atomic mass is 10.1. The average Bonchev–Trinajstić information content (AvgIpc) is 3.08. The van der Waals surface area contributed by atoms with Crippen LogP contribution in [0.15, 0.2) is 35.7 Å². The van der Waals surface area contributed by atoms with Crippen LogP contribution >= 0.6 is 11.8 Å². The van der Waals surface area contributed by atoms with Crippen LogP contribution in [0.2, 0.25) is 0 Å². The van der Waals surface area contributed by atoms with Gasteiger partial charge in [0, 0.05) is 28.4 Å². The van der Waals surface area contributed by atoms with Gasteiger partial charge in [-0.2, -0.15) is 15.5 Å². The normalized spacial score (nSPS) is 10.7. The van der Waals surface area contributed by atoms with E-state index in [4.69, 9.17) is 5.26 Å². The summed E-state index contributed by atoms with van der Waals surface area (Å²) in [4.78, 5) is 1.07. The second kappa shape index (κ2) is 4.78. The van der Waals surface area contributed by atoms with Crippen molar-refractivity contribution in [2.45, 2.75) is 11.8 Å². The predicted molar refractivity (Wildman–Crippen MR) is 73.9 cm³/mol. The molecule has 0 radical (unpaired) electrons. The van der Waals surface area contributed by atoms with E-state index >= 15 is 0 Å². The highest BCUT2D eigenvalue weighted by Gasteiger charge is 2.12. The molecule has 0 bridgehead atoms. The number of hydrogen-bond donors (Lipinski definition) is 1. The first kappa shape index (κ1) is 11.8. The van der Waals surface area contributed by atoms with E-state index in [1.54, 1.807) is 28.7 Å². The molecule has 0 aliphatic heterocycles. The lowest BCUT2D eigenvalue weighted by Gasteiger charge is -2.06. The third-order valence-corrected chi connectivity index (χ3v) is 3.74. The van der Waals surface area contributed by atoms with Crippen molar-refractivity contribution < 1.29 is 0 Å². The van der Waals surface area contributed by atoms with Crippen LogP contribution in [-0.4, -0.2) is 25.6 Å². The van der Waals surface area contributed by atoms with Crippen molar-refractivity contribution in [2.24, 2.45) is 0 Å². The van der Waals surface area contributed by atoms with Crippen molar-refractivity contribution in [2.75, 3.05) is 5.75 Å². The molecule has 3 heterocycles. The van der Waals surface area contributed by atoms with E-state index in [9.17, 15) is 0 Å². The molecule has 0 fully saturated rings. The number of thioether (sulfide) groups is 1. The van der Waals surface area contributed by atoms with E-state index in [-0.39, 0.29) is 0 Å². The Balaban J connectivity index is 2.26. The fourth-order valence-corrected chi connectivity index (χ4v) is 2.86. The number of aromatic amines is 1. The van der Waals surface area contributed by atoms with Crippen LogP contribution in [0.5, 0.6) is 0 Å². The van der Waals surface area contributed by atoms with Crippen molar-refractivity contribution in [3.8, 4) is 17.2 Å². The molecule has 0 aliphatic carbocycles. The summed E-state index contributed by atoms with van der Waals surface area (Å²) in [5, 5.41) is 20.2. The van der Waals surface area contributed by atoms with E-state index in [1.165, 1.54) is 0 Å². The van der Waals surface area contributed by atoms with Crippen LogP contribution in [0.1, 0.15) is 12.5 Å². The van der Waals surface area contributed by atoms with Gasteiger partial charge >= 0.3 is 0 Å². The van der Waals surface area contributed by atoms with Crippen LogP contribution in [-0.2, 0) is 0 Å². The first-order valence-electron chi connectivity index (χ1n) is 5.87. The number of fused-ring (bicyclic) bond motifs is 1. The molecule has 3 aromatic rings. The Hall–Kier alpha value is -2.26. The minimum atomic E-state index is 0.606. The minimum Gasteiger partial charge on any atom is -0.285 e. The van der Waals surface area contributed by atoms with Crippen molar-refractivity contribution in [3.05, 3.63) is 36.4 Å². The molecule has 0 spiro atoms. The largest absolute Gasteiger partial charge is 0.285 e. The molecule has 94 valence electrons. The molecule has 19 heavy (non-hydrogen) atoms. The minimum absolute atomic E-state index is 0.606. The van der Waals surface area contributed by atoms with Crippen molar-refractivity contribution in [1.29, 1.82) is 5.26 Å². The van der Waals surface area contributed by atoms with Crippen molar-refractivity contribution >= 4 is 17.3 Å². The second-order valence-corrected chi connectivity index (χ2v) is 5.28. The Morgan fingerprint density at radius 1 is 1.42 bits per heavy atom. The van der Waals surface area contributed by atoms with E-state index in [0.717, 1.165) is 27.3 Å². The van der Waals surface area contributed by atoms with Gasteiger partial charge in [-0.1, -0.05) is 6.92 Å². The van der Waals surface area contributed by atoms with Gasteiger partial charge in [-0.15, -0.1) is 11.8 Å². The summed E-state index contributed by atoms with van der Waals surface area (Å²) in [5.74, 6) is 0.945. The average molecular weight is 269 g/mol. The van der Waals surface area contributed by atoms with Gasteiger partial charge in [0.2, 0.25) is 0 Å². The Morgan fingerprint density at radius 3 is 3.00 bits per heavy atom. The number of nitrogens with one attached hydrogen (secondary N) is 1. The van der Waals surface area contributed by atoms with Crippen molar-refractivity contribution in [1.82, 2.24) is 19.8 Å². The van der Waals surface area contributed by atoms with Gasteiger partial charge in [0.25, 0.3) is 0 Å². The Morgan fingerprint density at radius 2 is 2.32 bits per heavy atom. The van der Waals surface area contributed by atoms with Gasteiger partial charge in [-0.3, -0.25) is 5.10 Å². The highest BCUT2D eigenvalue weighted by molar-refractivity contribution is 7.99. The number of H-pyrrole nitrogens is 1. The molecule has 1 N–H and O–H groups in total. The maximum absolute atomic E-state index is 9.14. The molecular formula is C13H11N5S. The summed E-state index contributed by atoms with van der Waals surface area (Å²) in [6.45, 7) is 2.09. The van der Waals surface area contributed by atoms with Gasteiger partial charge in [-0.05, 0) is 11.8 Å². The van der Waals surface area contributed by atoms with Crippen LogP contribution in [0.25, 0.3) is 16.6 Å². The third kappa shape index (κ3) is 1.98. The second-order valence-electron chi connectivity index (χ2n) is 3.98. The molecule has 0 saturated carbocycles. The van der Waals surface area contributed by atoms with Crippen LogP contribution in [0.3, 0.4) is 0 Å². The summed E-state index contributed by atoms with van der Waals surface area (Å²) in [6, 6.07) is 4.27. The monoisotopic (exact) mass is 269 g/mol. The quantitative estimate of drug-likeness (QED) is 0.742. The Kier molecular flexibility index (Phi) is 2.97. The van der Waals surface area contributed by atoms with Crippen LogP contribution in [0, 0.1) is 11.3 Å². The molecule has 0 atom stereocenters. The molecule has 0 aliphatic rings. The molecule has 3 aromatic heterocycles. The number of aromatic nitrogens is 4. The van der Waals surface area contributed by atoms with Crippen LogP contribution in [0.4, 0.5) is 0 Å². The van der Waals surface area contributed by atoms with E-state index in [1.807, 2.05) is 12.4 Å². The summed E-state index contributed by atoms with van der Waals surface area (Å²) < 4.78 is 1.76. The number of rotatable bonds is 3. The van der Waals surface area contributed by atoms with Gasteiger partial charge in [0.05, 0.1) is 23.5 Å². The molecular weight excluding hydrogens is 258 g/mol. The summed E-state index contributed by atoms with van der Waals surface area (Å²) in [6.07, 6.45) is 7.14. The van der Waals surface area contributed by atoms with Crippen molar-refractivity contribution in [3.63, 3.8) is 0 Å². The maximum atomic E-state index is 9.14. The number of nitriles is 1. The highest BCUT2D eigenvalue weighted by atomic mass is 32.2. The lowest BCUT2D eigenvalue weighted by Crippen LogP contribution is -1.92. The van der Waals surface area contributed by atoms with Gasteiger partial charge < -0.3 is 0 Å². The van der Waals surface area contributed by atoms with Gasteiger partial charge in [0.15, 0.2) is 0 Å². The summed E-state index contributed by atoms with van der Waals surface area (Å²) in [5.41, 5.74) is 3.52. The fraction of sp³-hybridized carbons (Fsp3) is 0.154. The van der Waals surface area contributed by atoms with Gasteiger partial charge in [-0.25, -0.2) is 4.52 Å². The topological polar surface area (TPSA) is 69.8 Å². The van der Waals surface area contributed by atoms with E-state index < -0.39 is 0 Å². The molecule has 0 aromatic carbocycles. The Labute approximate surface area is 114 Å². The summed E-state index contributed by atoms with van der Waals surface area (Å²) >= 11 is 1.71. The first-order chi connectivity index (χ1) is 9.33. The smallest absolute Gasteiger partial charge is 0.103 e. The predicted octanol–water partition coefficient (Wildman–Crippen LogP) is 2.71. The molecule has 5 nitrogen and oxygen atoms in total. The van der Waals surface area contributed by atoms with Crippen LogP contribution < -0.4 is 0 Å². The molecule has 0 amide bonds. The Bertz CT molecular complexity index is 751. The number of nitrogens with zero attached hydrogens (tertiary/aromatic N) is 4. The molecule has 3 rings (SSSR count). The maximum Gasteiger partial charge on any atom is 0.103 e. The van der Waals surface area contributed by atoms with Gasteiger partial charge in [0.1, 0.15) is 6.07 Å².